The summed E-state index contributed by atoms with van der Waals surface area (Å²) in [6, 6.07) is 6.07. The quantitative estimate of drug-likeness (QED) is 0.761. The van der Waals surface area contributed by atoms with Crippen molar-refractivity contribution in [2.24, 2.45) is 0 Å². The molecule has 0 aliphatic heterocycles. The summed E-state index contributed by atoms with van der Waals surface area (Å²) < 4.78 is 18.6. The zero-order valence-electron chi connectivity index (χ0n) is 11.3. The van der Waals surface area contributed by atoms with E-state index in [1.807, 2.05) is 6.92 Å². The lowest BCUT2D eigenvalue weighted by Gasteiger charge is -2.26. The number of para-hydroxylation sites is 1. The zero-order valence-corrected chi connectivity index (χ0v) is 11.3. The lowest BCUT2D eigenvalue weighted by molar-refractivity contribution is -0.144. The second-order valence-corrected chi connectivity index (χ2v) is 4.59. The molecule has 0 bridgehead atoms. The van der Waals surface area contributed by atoms with Gasteiger partial charge in [-0.3, -0.25) is 4.79 Å². The van der Waals surface area contributed by atoms with Gasteiger partial charge in [0.25, 0.3) is 0 Å². The Morgan fingerprint density at radius 2 is 2.16 bits per heavy atom. The summed E-state index contributed by atoms with van der Waals surface area (Å²) in [7, 11) is 0. The van der Waals surface area contributed by atoms with Crippen molar-refractivity contribution >= 4 is 5.97 Å². The Balaban J connectivity index is 2.53. The smallest absolute Gasteiger partial charge is 0.323 e. The number of hydrogen-bond acceptors (Lipinski definition) is 3. The van der Waals surface area contributed by atoms with Gasteiger partial charge in [-0.2, -0.15) is 0 Å². The van der Waals surface area contributed by atoms with Crippen molar-refractivity contribution in [3.05, 3.63) is 30.1 Å². The van der Waals surface area contributed by atoms with Crippen LogP contribution < -0.4 is 10.1 Å². The first-order valence-corrected chi connectivity index (χ1v) is 6.35. The van der Waals surface area contributed by atoms with Crippen LogP contribution in [0.5, 0.6) is 5.75 Å². The molecule has 2 N–H and O–H groups in total. The molecule has 0 aromatic heterocycles. The highest BCUT2D eigenvalue weighted by Crippen LogP contribution is 2.17. The van der Waals surface area contributed by atoms with Crippen molar-refractivity contribution in [3.8, 4) is 5.75 Å². The van der Waals surface area contributed by atoms with Gasteiger partial charge in [-0.05, 0) is 32.0 Å². The van der Waals surface area contributed by atoms with E-state index >= 15 is 0 Å². The van der Waals surface area contributed by atoms with E-state index in [-0.39, 0.29) is 18.8 Å². The molecular weight excluding hydrogens is 249 g/mol. The average molecular weight is 269 g/mol. The van der Waals surface area contributed by atoms with Crippen LogP contribution in [-0.2, 0) is 4.79 Å². The summed E-state index contributed by atoms with van der Waals surface area (Å²) in [5.41, 5.74) is -1.05. The van der Waals surface area contributed by atoms with Gasteiger partial charge >= 0.3 is 5.97 Å². The minimum atomic E-state index is -1.05. The maximum absolute atomic E-state index is 13.3. The molecule has 1 atom stereocenters. The SMILES string of the molecule is CCCNC(C)(CCOc1ccccc1F)C(=O)O. The second-order valence-electron chi connectivity index (χ2n) is 4.59. The van der Waals surface area contributed by atoms with Gasteiger partial charge in [0.05, 0.1) is 6.61 Å². The van der Waals surface area contributed by atoms with Crippen molar-refractivity contribution in [1.82, 2.24) is 5.32 Å². The third-order valence-electron chi connectivity index (χ3n) is 2.93. The Morgan fingerprint density at radius 1 is 1.47 bits per heavy atom. The molecule has 19 heavy (non-hydrogen) atoms. The monoisotopic (exact) mass is 269 g/mol. The van der Waals surface area contributed by atoms with Crippen molar-refractivity contribution in [2.45, 2.75) is 32.2 Å². The highest BCUT2D eigenvalue weighted by Gasteiger charge is 2.32. The highest BCUT2D eigenvalue weighted by atomic mass is 19.1. The van der Waals surface area contributed by atoms with Gasteiger partial charge in [0, 0.05) is 6.42 Å². The average Bonchev–Trinajstić information content (AvgIpc) is 2.38. The number of hydrogen-bond donors (Lipinski definition) is 2. The van der Waals surface area contributed by atoms with Crippen molar-refractivity contribution in [1.29, 1.82) is 0 Å². The summed E-state index contributed by atoms with van der Waals surface area (Å²) in [5, 5.41) is 12.2. The Kier molecular flexibility index (Phi) is 5.76. The maximum Gasteiger partial charge on any atom is 0.323 e. The van der Waals surface area contributed by atoms with Gasteiger partial charge in [-0.1, -0.05) is 19.1 Å². The van der Waals surface area contributed by atoms with E-state index in [4.69, 9.17) is 4.74 Å². The largest absolute Gasteiger partial charge is 0.490 e. The molecule has 1 aromatic carbocycles. The Hall–Kier alpha value is -1.62. The van der Waals surface area contributed by atoms with E-state index in [9.17, 15) is 14.3 Å². The van der Waals surface area contributed by atoms with Crippen LogP contribution in [0.2, 0.25) is 0 Å². The molecule has 5 heteroatoms. The molecule has 0 amide bonds. The Morgan fingerprint density at radius 3 is 2.74 bits per heavy atom. The molecule has 0 fully saturated rings. The van der Waals surface area contributed by atoms with Crippen LogP contribution in [0.3, 0.4) is 0 Å². The number of carboxylic acids is 1. The first-order valence-electron chi connectivity index (χ1n) is 6.35. The fourth-order valence-electron chi connectivity index (χ4n) is 1.60. The van der Waals surface area contributed by atoms with Crippen LogP contribution >= 0.6 is 0 Å². The summed E-state index contributed by atoms with van der Waals surface area (Å²) >= 11 is 0. The van der Waals surface area contributed by atoms with Crippen LogP contribution in [0.1, 0.15) is 26.7 Å². The molecule has 1 unspecified atom stereocenters. The third kappa shape index (κ3) is 4.52. The van der Waals surface area contributed by atoms with Gasteiger partial charge < -0.3 is 15.2 Å². The minimum Gasteiger partial charge on any atom is -0.490 e. The number of carboxylic acid groups (broad SMARTS) is 1. The number of halogens is 1. The predicted molar refractivity (Wildman–Crippen MR) is 70.8 cm³/mol. The minimum absolute atomic E-state index is 0.139. The van der Waals surface area contributed by atoms with Gasteiger partial charge in [0.15, 0.2) is 11.6 Å². The number of benzene rings is 1. The number of aliphatic carboxylic acids is 1. The summed E-state index contributed by atoms with van der Waals surface area (Å²) in [6.45, 7) is 4.32. The van der Waals surface area contributed by atoms with Gasteiger partial charge in [0.2, 0.25) is 0 Å². The fraction of sp³-hybridized carbons (Fsp3) is 0.500. The number of rotatable bonds is 8. The van der Waals surface area contributed by atoms with Gasteiger partial charge in [-0.15, -0.1) is 0 Å². The van der Waals surface area contributed by atoms with E-state index in [0.717, 1.165) is 6.42 Å². The second kappa shape index (κ2) is 7.09. The van der Waals surface area contributed by atoms with Crippen molar-refractivity contribution in [3.63, 3.8) is 0 Å². The number of ether oxygens (including phenoxy) is 1. The molecular formula is C14H20FNO3. The molecule has 4 nitrogen and oxygen atoms in total. The Bertz CT molecular complexity index is 425. The first-order chi connectivity index (χ1) is 8.99. The highest BCUT2D eigenvalue weighted by molar-refractivity contribution is 5.78. The molecule has 1 rings (SSSR count). The van der Waals surface area contributed by atoms with Crippen LogP contribution in [0.4, 0.5) is 4.39 Å². The van der Waals surface area contributed by atoms with Gasteiger partial charge in [0.1, 0.15) is 5.54 Å². The summed E-state index contributed by atoms with van der Waals surface area (Å²) in [6.07, 6.45) is 1.10. The van der Waals surface area contributed by atoms with Crippen LogP contribution in [-0.4, -0.2) is 29.8 Å². The summed E-state index contributed by atoms with van der Waals surface area (Å²) in [4.78, 5) is 11.2. The first kappa shape index (κ1) is 15.4. The fourth-order valence-corrected chi connectivity index (χ4v) is 1.60. The van der Waals surface area contributed by atoms with Crippen molar-refractivity contribution < 1.29 is 19.0 Å². The lowest BCUT2D eigenvalue weighted by atomic mass is 9.98. The molecule has 106 valence electrons. The zero-order chi connectivity index (χ0) is 14.3. The summed E-state index contributed by atoms with van der Waals surface area (Å²) in [5.74, 6) is -1.23. The van der Waals surface area contributed by atoms with E-state index in [1.54, 1.807) is 19.1 Å². The lowest BCUT2D eigenvalue weighted by Crippen LogP contribution is -2.50. The molecule has 0 saturated carbocycles. The van der Waals surface area contributed by atoms with E-state index in [1.165, 1.54) is 12.1 Å². The van der Waals surface area contributed by atoms with E-state index < -0.39 is 17.3 Å². The van der Waals surface area contributed by atoms with Gasteiger partial charge in [-0.25, -0.2) is 4.39 Å². The Labute approximate surface area is 112 Å². The topological polar surface area (TPSA) is 58.6 Å². The molecule has 0 heterocycles. The standard InChI is InChI=1S/C14H20FNO3/c1-3-9-16-14(2,13(17)18)8-10-19-12-7-5-4-6-11(12)15/h4-7,16H,3,8-10H2,1-2H3,(H,17,18). The maximum atomic E-state index is 13.3. The third-order valence-corrected chi connectivity index (χ3v) is 2.93. The molecule has 0 aliphatic rings. The van der Waals surface area contributed by atoms with Crippen LogP contribution in [0.15, 0.2) is 24.3 Å². The molecule has 0 aliphatic carbocycles. The van der Waals surface area contributed by atoms with Crippen LogP contribution in [0.25, 0.3) is 0 Å². The predicted octanol–water partition coefficient (Wildman–Crippen LogP) is 2.44. The molecule has 1 aromatic rings. The van der Waals surface area contributed by atoms with E-state index in [2.05, 4.69) is 5.32 Å². The molecule has 0 saturated heterocycles. The number of carbonyl (C=O) groups is 1. The molecule has 0 spiro atoms. The van der Waals surface area contributed by atoms with Crippen molar-refractivity contribution in [2.75, 3.05) is 13.2 Å². The normalized spacial score (nSPS) is 13.8. The molecule has 0 radical (unpaired) electrons. The van der Waals surface area contributed by atoms with Crippen LogP contribution in [0, 0.1) is 5.82 Å². The number of nitrogens with one attached hydrogen (secondary N) is 1. The van der Waals surface area contributed by atoms with E-state index in [0.29, 0.717) is 6.54 Å².